The van der Waals surface area contributed by atoms with Crippen LogP contribution >= 0.6 is 0 Å². The number of hydrogen-bond donors (Lipinski definition) is 1. The minimum Gasteiger partial charge on any atom is -0.480 e. The zero-order chi connectivity index (χ0) is 14.6. The second kappa shape index (κ2) is 5.87. The molecule has 0 aliphatic rings. The van der Waals surface area contributed by atoms with Crippen LogP contribution in [0.15, 0.2) is 24.3 Å². The van der Waals surface area contributed by atoms with E-state index < -0.39 is 11.5 Å². The average molecular weight is 263 g/mol. The molecule has 1 aromatic rings. The number of aliphatic carboxylic acids is 1. The van der Waals surface area contributed by atoms with Gasteiger partial charge >= 0.3 is 5.97 Å². The maximum Gasteiger partial charge on any atom is 0.329 e. The third-order valence-corrected chi connectivity index (χ3v) is 3.49. The molecule has 0 atom stereocenters. The van der Waals surface area contributed by atoms with Crippen LogP contribution in [0.2, 0.25) is 0 Å². The summed E-state index contributed by atoms with van der Waals surface area (Å²) in [5.74, 6) is -1.20. The molecule has 4 heteroatoms. The number of carbonyl (C=O) groups excluding carboxylic acids is 1. The summed E-state index contributed by atoms with van der Waals surface area (Å²) in [6.45, 7) is 5.10. The van der Waals surface area contributed by atoms with Crippen LogP contribution in [-0.2, 0) is 22.4 Å². The molecular formula is C15H21NO3. The molecule has 0 unspecified atom stereocenters. The van der Waals surface area contributed by atoms with Gasteiger partial charge in [-0.05, 0) is 31.4 Å². The quantitative estimate of drug-likeness (QED) is 0.885. The summed E-state index contributed by atoms with van der Waals surface area (Å²) >= 11 is 0. The van der Waals surface area contributed by atoms with E-state index >= 15 is 0 Å². The summed E-state index contributed by atoms with van der Waals surface area (Å²) in [5, 5.41) is 9.11. The number of benzene rings is 1. The van der Waals surface area contributed by atoms with Crippen LogP contribution in [0, 0.1) is 0 Å². The SMILES string of the molecule is CCc1cccc(CC(=O)N(C)C(C)(C)C(=O)O)c1. The van der Waals surface area contributed by atoms with Crippen molar-refractivity contribution in [1.82, 2.24) is 4.90 Å². The first-order valence-corrected chi connectivity index (χ1v) is 6.37. The van der Waals surface area contributed by atoms with Gasteiger partial charge in [0, 0.05) is 7.05 Å². The van der Waals surface area contributed by atoms with Gasteiger partial charge in [-0.15, -0.1) is 0 Å². The second-order valence-electron chi connectivity index (χ2n) is 5.17. The lowest BCUT2D eigenvalue weighted by Crippen LogP contribution is -2.51. The van der Waals surface area contributed by atoms with E-state index in [9.17, 15) is 9.59 Å². The zero-order valence-corrected chi connectivity index (χ0v) is 11.9. The topological polar surface area (TPSA) is 57.6 Å². The minimum absolute atomic E-state index is 0.194. The zero-order valence-electron chi connectivity index (χ0n) is 11.9. The van der Waals surface area contributed by atoms with Crippen molar-refractivity contribution < 1.29 is 14.7 Å². The number of aryl methyl sites for hydroxylation is 1. The van der Waals surface area contributed by atoms with Crippen molar-refractivity contribution in [2.45, 2.75) is 39.2 Å². The largest absolute Gasteiger partial charge is 0.480 e. The highest BCUT2D eigenvalue weighted by atomic mass is 16.4. The molecule has 0 aliphatic heterocycles. The van der Waals surface area contributed by atoms with Crippen molar-refractivity contribution in [3.05, 3.63) is 35.4 Å². The molecule has 0 aromatic heterocycles. The lowest BCUT2D eigenvalue weighted by molar-refractivity contribution is -0.155. The fraction of sp³-hybridized carbons (Fsp3) is 0.467. The average Bonchev–Trinajstić information content (AvgIpc) is 2.37. The van der Waals surface area contributed by atoms with E-state index in [1.54, 1.807) is 0 Å². The van der Waals surface area contributed by atoms with Gasteiger partial charge in [0.2, 0.25) is 5.91 Å². The second-order valence-corrected chi connectivity index (χ2v) is 5.17. The smallest absolute Gasteiger partial charge is 0.329 e. The maximum atomic E-state index is 12.1. The van der Waals surface area contributed by atoms with Gasteiger partial charge in [-0.25, -0.2) is 4.79 Å². The summed E-state index contributed by atoms with van der Waals surface area (Å²) in [7, 11) is 1.53. The Morgan fingerprint density at radius 1 is 1.26 bits per heavy atom. The van der Waals surface area contributed by atoms with Gasteiger partial charge in [-0.1, -0.05) is 31.2 Å². The standard InChI is InChI=1S/C15H21NO3/c1-5-11-7-6-8-12(9-11)10-13(17)16(4)15(2,3)14(18)19/h6-9H,5,10H2,1-4H3,(H,18,19). The molecule has 4 nitrogen and oxygen atoms in total. The van der Waals surface area contributed by atoms with Gasteiger partial charge in [-0.2, -0.15) is 0 Å². The van der Waals surface area contributed by atoms with Crippen LogP contribution < -0.4 is 0 Å². The molecule has 1 amide bonds. The molecule has 1 N–H and O–H groups in total. The van der Waals surface area contributed by atoms with Crippen molar-refractivity contribution >= 4 is 11.9 Å². The fourth-order valence-electron chi connectivity index (χ4n) is 1.71. The molecule has 0 bridgehead atoms. The highest BCUT2D eigenvalue weighted by Crippen LogP contribution is 2.15. The number of nitrogens with zero attached hydrogens (tertiary/aromatic N) is 1. The molecule has 1 aromatic carbocycles. The van der Waals surface area contributed by atoms with E-state index in [0.717, 1.165) is 12.0 Å². The number of carbonyl (C=O) groups is 2. The highest BCUT2D eigenvalue weighted by Gasteiger charge is 2.34. The van der Waals surface area contributed by atoms with Crippen molar-refractivity contribution in [2.75, 3.05) is 7.05 Å². The number of carboxylic acids is 1. The Morgan fingerprint density at radius 2 is 1.84 bits per heavy atom. The summed E-state index contributed by atoms with van der Waals surface area (Å²) in [6.07, 6.45) is 1.14. The van der Waals surface area contributed by atoms with E-state index in [-0.39, 0.29) is 12.3 Å². The Bertz CT molecular complexity index is 480. The van der Waals surface area contributed by atoms with Gasteiger partial charge in [0.15, 0.2) is 0 Å². The number of carboxylic acid groups (broad SMARTS) is 1. The molecule has 0 spiro atoms. The first-order valence-electron chi connectivity index (χ1n) is 6.37. The molecule has 104 valence electrons. The molecule has 0 heterocycles. The third-order valence-electron chi connectivity index (χ3n) is 3.49. The van der Waals surface area contributed by atoms with Crippen LogP contribution in [0.4, 0.5) is 0 Å². The third kappa shape index (κ3) is 3.56. The van der Waals surface area contributed by atoms with Crippen molar-refractivity contribution in [3.8, 4) is 0 Å². The van der Waals surface area contributed by atoms with Crippen molar-refractivity contribution in [1.29, 1.82) is 0 Å². The van der Waals surface area contributed by atoms with Crippen LogP contribution in [0.1, 0.15) is 31.9 Å². The maximum absolute atomic E-state index is 12.1. The van der Waals surface area contributed by atoms with Gasteiger partial charge < -0.3 is 10.0 Å². The predicted octanol–water partition coefficient (Wildman–Crippen LogP) is 2.11. The molecular weight excluding hydrogens is 242 g/mol. The summed E-state index contributed by atoms with van der Waals surface area (Å²) in [4.78, 5) is 24.5. The minimum atomic E-state index is -1.19. The summed E-state index contributed by atoms with van der Waals surface area (Å²) in [5.41, 5.74) is 0.891. The molecule has 19 heavy (non-hydrogen) atoms. The van der Waals surface area contributed by atoms with Gasteiger partial charge in [0.05, 0.1) is 6.42 Å². The Labute approximate surface area is 114 Å². The van der Waals surface area contributed by atoms with Crippen LogP contribution in [-0.4, -0.2) is 34.5 Å². The lowest BCUT2D eigenvalue weighted by Gasteiger charge is -2.31. The van der Waals surface area contributed by atoms with Crippen LogP contribution in [0.5, 0.6) is 0 Å². The fourth-order valence-corrected chi connectivity index (χ4v) is 1.71. The predicted molar refractivity (Wildman–Crippen MR) is 74.0 cm³/mol. The molecule has 1 rings (SSSR count). The molecule has 0 saturated carbocycles. The Kier molecular flexibility index (Phi) is 4.70. The normalized spacial score (nSPS) is 11.2. The van der Waals surface area contributed by atoms with E-state index in [1.807, 2.05) is 24.3 Å². The number of amides is 1. The van der Waals surface area contributed by atoms with Crippen LogP contribution in [0.3, 0.4) is 0 Å². The molecule has 0 fully saturated rings. The number of rotatable bonds is 5. The first kappa shape index (κ1) is 15.2. The Balaban J connectivity index is 2.82. The Morgan fingerprint density at radius 3 is 2.37 bits per heavy atom. The Hall–Kier alpha value is -1.84. The molecule has 0 radical (unpaired) electrons. The van der Waals surface area contributed by atoms with Crippen molar-refractivity contribution in [2.24, 2.45) is 0 Å². The van der Waals surface area contributed by atoms with E-state index in [2.05, 4.69) is 6.92 Å². The number of likely N-dealkylation sites (N-methyl/N-ethyl adjacent to an activating group) is 1. The van der Waals surface area contributed by atoms with E-state index in [4.69, 9.17) is 5.11 Å². The van der Waals surface area contributed by atoms with Crippen molar-refractivity contribution in [3.63, 3.8) is 0 Å². The first-order chi connectivity index (χ1) is 8.78. The van der Waals surface area contributed by atoms with Gasteiger partial charge in [-0.3, -0.25) is 4.79 Å². The number of hydrogen-bond acceptors (Lipinski definition) is 2. The van der Waals surface area contributed by atoms with E-state index in [0.29, 0.717) is 0 Å². The summed E-state index contributed by atoms with van der Waals surface area (Å²) in [6, 6.07) is 7.81. The highest BCUT2D eigenvalue weighted by molar-refractivity contribution is 5.87. The van der Waals surface area contributed by atoms with Gasteiger partial charge in [0.1, 0.15) is 5.54 Å². The monoisotopic (exact) mass is 263 g/mol. The van der Waals surface area contributed by atoms with Gasteiger partial charge in [0.25, 0.3) is 0 Å². The van der Waals surface area contributed by atoms with Crippen LogP contribution in [0.25, 0.3) is 0 Å². The lowest BCUT2D eigenvalue weighted by atomic mass is 10.0. The molecule has 0 saturated heterocycles. The molecule has 0 aliphatic carbocycles. The summed E-state index contributed by atoms with van der Waals surface area (Å²) < 4.78 is 0. The van der Waals surface area contributed by atoms with E-state index in [1.165, 1.54) is 31.4 Å².